The van der Waals surface area contributed by atoms with E-state index in [2.05, 4.69) is 21.2 Å². The Morgan fingerprint density at radius 3 is 2.48 bits per heavy atom. The van der Waals surface area contributed by atoms with Gasteiger partial charge in [-0.1, -0.05) is 22.9 Å². The van der Waals surface area contributed by atoms with Crippen molar-refractivity contribution in [2.24, 2.45) is 5.14 Å². The lowest BCUT2D eigenvalue weighted by Gasteiger charge is -2.42. The van der Waals surface area contributed by atoms with Gasteiger partial charge in [0.1, 0.15) is 0 Å². The summed E-state index contributed by atoms with van der Waals surface area (Å²) in [7, 11) is -3.86. The van der Waals surface area contributed by atoms with Gasteiger partial charge in [-0.25, -0.2) is 13.6 Å². The molecule has 0 saturated heterocycles. The third-order valence-electron chi connectivity index (χ3n) is 4.24. The summed E-state index contributed by atoms with van der Waals surface area (Å²) in [4.78, 5) is 12.5. The molecule has 3 N–H and O–H groups in total. The first-order valence-electron chi connectivity index (χ1n) is 6.84. The molecule has 0 spiro atoms. The van der Waals surface area contributed by atoms with Crippen molar-refractivity contribution in [3.05, 3.63) is 27.7 Å². The molecule has 0 unspecified atom stereocenters. The Hall–Kier alpha value is -0.920. The van der Waals surface area contributed by atoms with E-state index in [0.717, 1.165) is 25.7 Å². The molecule has 1 aliphatic carbocycles. The molecular formula is C14H19BrN2O3S. The summed E-state index contributed by atoms with van der Waals surface area (Å²) < 4.78 is 23.7. The monoisotopic (exact) mass is 374 g/mol. The average Bonchev–Trinajstić information content (AvgIpc) is 2.34. The minimum Gasteiger partial charge on any atom is -0.347 e. The van der Waals surface area contributed by atoms with Crippen LogP contribution in [0.15, 0.2) is 21.5 Å². The van der Waals surface area contributed by atoms with Crippen molar-refractivity contribution in [2.45, 2.75) is 50.0 Å². The van der Waals surface area contributed by atoms with Gasteiger partial charge >= 0.3 is 0 Å². The molecule has 1 amide bonds. The minimum absolute atomic E-state index is 0.0267. The molecule has 5 nitrogen and oxygen atoms in total. The molecule has 1 aliphatic rings. The predicted molar refractivity (Wildman–Crippen MR) is 84.6 cm³/mol. The number of halogens is 1. The van der Waals surface area contributed by atoms with Crippen LogP contribution in [0.25, 0.3) is 0 Å². The predicted octanol–water partition coefficient (Wildman–Crippen LogP) is 2.47. The Kier molecular flexibility index (Phi) is 4.46. The number of amides is 1. The zero-order chi connectivity index (χ0) is 15.8. The van der Waals surface area contributed by atoms with Crippen LogP contribution in [0.5, 0.6) is 0 Å². The van der Waals surface area contributed by atoms with E-state index in [0.29, 0.717) is 15.6 Å². The topological polar surface area (TPSA) is 89.3 Å². The number of primary sulfonamides is 1. The van der Waals surface area contributed by atoms with Crippen LogP contribution in [-0.4, -0.2) is 19.9 Å². The molecule has 2 rings (SSSR count). The Morgan fingerprint density at radius 1 is 1.43 bits per heavy atom. The molecule has 0 heterocycles. The van der Waals surface area contributed by atoms with Gasteiger partial charge < -0.3 is 5.32 Å². The number of benzene rings is 1. The first-order chi connectivity index (χ1) is 9.68. The van der Waals surface area contributed by atoms with Crippen molar-refractivity contribution in [2.75, 3.05) is 0 Å². The zero-order valence-electron chi connectivity index (χ0n) is 12.1. The van der Waals surface area contributed by atoms with Gasteiger partial charge in [0, 0.05) is 15.6 Å². The van der Waals surface area contributed by atoms with Crippen molar-refractivity contribution in [1.29, 1.82) is 0 Å². The third kappa shape index (κ3) is 3.30. The number of rotatable bonds is 4. The highest BCUT2D eigenvalue weighted by Gasteiger charge is 2.37. The van der Waals surface area contributed by atoms with Crippen LogP contribution in [0.4, 0.5) is 0 Å². The normalized spacial score (nSPS) is 17.1. The number of nitrogens with one attached hydrogen (secondary N) is 1. The number of hydrogen-bond acceptors (Lipinski definition) is 3. The molecule has 1 saturated carbocycles. The number of carbonyl (C=O) groups excluding carboxylic acids is 1. The molecule has 1 fully saturated rings. The Morgan fingerprint density at radius 2 is 2.05 bits per heavy atom. The van der Waals surface area contributed by atoms with Crippen molar-refractivity contribution >= 4 is 31.9 Å². The first-order valence-corrected chi connectivity index (χ1v) is 9.18. The molecule has 7 heteroatoms. The SMILES string of the molecule is CCC1(NC(=O)c2cc(Br)cc(S(N)(=O)=O)c2C)CCC1. The molecule has 116 valence electrons. The lowest BCUT2D eigenvalue weighted by Crippen LogP contribution is -2.53. The Balaban J connectivity index is 2.40. The van der Waals surface area contributed by atoms with E-state index < -0.39 is 10.0 Å². The van der Waals surface area contributed by atoms with E-state index in [1.807, 2.05) is 6.92 Å². The van der Waals surface area contributed by atoms with Crippen LogP contribution in [0.1, 0.15) is 48.5 Å². The minimum atomic E-state index is -3.86. The maximum absolute atomic E-state index is 12.5. The van der Waals surface area contributed by atoms with E-state index in [9.17, 15) is 13.2 Å². The fraction of sp³-hybridized carbons (Fsp3) is 0.500. The molecular weight excluding hydrogens is 356 g/mol. The first kappa shape index (κ1) is 16.5. The summed E-state index contributed by atoms with van der Waals surface area (Å²) in [6.07, 6.45) is 3.90. The van der Waals surface area contributed by atoms with E-state index in [-0.39, 0.29) is 16.3 Å². The molecule has 0 aliphatic heterocycles. The second-order valence-electron chi connectivity index (χ2n) is 5.56. The highest BCUT2D eigenvalue weighted by Crippen LogP contribution is 2.35. The van der Waals surface area contributed by atoms with Gasteiger partial charge in [0.25, 0.3) is 5.91 Å². The summed E-state index contributed by atoms with van der Waals surface area (Å²) in [5, 5.41) is 8.25. The standard InChI is InChI=1S/C14H19BrN2O3S/c1-3-14(5-4-6-14)17-13(18)11-7-10(15)8-12(9(11)2)21(16,19)20/h7-8H,3-6H2,1-2H3,(H,17,18)(H2,16,19,20). The van der Waals surface area contributed by atoms with Crippen LogP contribution in [0.2, 0.25) is 0 Å². The van der Waals surface area contributed by atoms with E-state index in [4.69, 9.17) is 5.14 Å². The van der Waals surface area contributed by atoms with Crippen molar-refractivity contribution < 1.29 is 13.2 Å². The second kappa shape index (κ2) is 5.70. The quantitative estimate of drug-likeness (QED) is 0.847. The van der Waals surface area contributed by atoms with Crippen molar-refractivity contribution in [1.82, 2.24) is 5.32 Å². The van der Waals surface area contributed by atoms with Crippen LogP contribution in [0.3, 0.4) is 0 Å². The van der Waals surface area contributed by atoms with E-state index in [1.165, 1.54) is 6.07 Å². The van der Waals surface area contributed by atoms with Crippen LogP contribution >= 0.6 is 15.9 Å². The number of sulfonamides is 1. The fourth-order valence-corrected chi connectivity index (χ4v) is 4.10. The summed E-state index contributed by atoms with van der Waals surface area (Å²) in [5.74, 6) is -0.250. The van der Waals surface area contributed by atoms with Gasteiger partial charge in [-0.15, -0.1) is 0 Å². The second-order valence-corrected chi connectivity index (χ2v) is 8.01. The molecule has 21 heavy (non-hydrogen) atoms. The maximum atomic E-state index is 12.5. The van der Waals surface area contributed by atoms with Crippen molar-refractivity contribution in [3.8, 4) is 0 Å². The molecule has 0 aromatic heterocycles. The van der Waals surface area contributed by atoms with E-state index in [1.54, 1.807) is 13.0 Å². The summed E-state index contributed by atoms with van der Waals surface area (Å²) >= 11 is 3.24. The van der Waals surface area contributed by atoms with Gasteiger partial charge in [-0.3, -0.25) is 4.79 Å². The van der Waals surface area contributed by atoms with Crippen molar-refractivity contribution in [3.63, 3.8) is 0 Å². The average molecular weight is 375 g/mol. The largest absolute Gasteiger partial charge is 0.347 e. The maximum Gasteiger partial charge on any atom is 0.252 e. The molecule has 0 atom stereocenters. The van der Waals surface area contributed by atoms with Gasteiger partial charge in [0.15, 0.2) is 0 Å². The highest BCUT2D eigenvalue weighted by atomic mass is 79.9. The number of nitrogens with two attached hydrogens (primary N) is 1. The van der Waals surface area contributed by atoms with Gasteiger partial charge in [0.2, 0.25) is 10.0 Å². The van der Waals surface area contributed by atoms with E-state index >= 15 is 0 Å². The lowest BCUT2D eigenvalue weighted by atomic mass is 9.74. The number of carbonyl (C=O) groups is 1. The summed E-state index contributed by atoms with van der Waals surface area (Å²) in [6, 6.07) is 3.04. The molecule has 0 radical (unpaired) electrons. The molecule has 1 aromatic rings. The molecule has 0 bridgehead atoms. The summed E-state index contributed by atoms with van der Waals surface area (Å²) in [6.45, 7) is 3.64. The van der Waals surface area contributed by atoms with Crippen LogP contribution < -0.4 is 10.5 Å². The highest BCUT2D eigenvalue weighted by molar-refractivity contribution is 9.10. The van der Waals surface area contributed by atoms with Gasteiger partial charge in [-0.05, 0) is 50.3 Å². The fourth-order valence-electron chi connectivity index (χ4n) is 2.66. The Bertz CT molecular complexity index is 676. The third-order valence-corrected chi connectivity index (χ3v) is 5.74. The molecule has 1 aromatic carbocycles. The lowest BCUT2D eigenvalue weighted by molar-refractivity contribution is 0.0819. The smallest absolute Gasteiger partial charge is 0.252 e. The van der Waals surface area contributed by atoms with Gasteiger partial charge in [-0.2, -0.15) is 0 Å². The van der Waals surface area contributed by atoms with Crippen LogP contribution in [0, 0.1) is 6.92 Å². The number of hydrogen-bond donors (Lipinski definition) is 2. The van der Waals surface area contributed by atoms with Gasteiger partial charge in [0.05, 0.1) is 4.90 Å². The zero-order valence-corrected chi connectivity index (χ0v) is 14.5. The van der Waals surface area contributed by atoms with Crippen LogP contribution in [-0.2, 0) is 10.0 Å². The Labute approximate surface area is 133 Å². The summed E-state index contributed by atoms with van der Waals surface area (Å²) in [5.41, 5.74) is 0.574.